The number of aliphatic hydroxyl groups is 2. The predicted molar refractivity (Wildman–Crippen MR) is 118 cm³/mol. The first-order valence-electron chi connectivity index (χ1n) is 10.3. The van der Waals surface area contributed by atoms with Crippen molar-refractivity contribution in [3.05, 3.63) is 10.9 Å². The number of aromatic nitrogens is 2. The van der Waals surface area contributed by atoms with Gasteiger partial charge in [-0.05, 0) is 33.3 Å². The molecule has 0 radical (unpaired) electrons. The van der Waals surface area contributed by atoms with Gasteiger partial charge in [-0.2, -0.15) is 4.98 Å². The highest BCUT2D eigenvalue weighted by Crippen LogP contribution is 2.33. The van der Waals surface area contributed by atoms with Crippen molar-refractivity contribution in [2.45, 2.75) is 45.8 Å². The summed E-state index contributed by atoms with van der Waals surface area (Å²) >= 11 is 1.63. The maximum atomic E-state index is 12.4. The van der Waals surface area contributed by atoms with Crippen LogP contribution in [0.5, 0.6) is 0 Å². The first-order valence-corrected chi connectivity index (χ1v) is 11.1. The SMILES string of the molecule is CCc1cc2c(N3CCN(C(=O)OC(C)(C)C)CC3)nc(NC[C@@H](O)CO)nc2s1. The third kappa shape index (κ3) is 5.50. The molecule has 166 valence electrons. The van der Waals surface area contributed by atoms with E-state index in [1.165, 1.54) is 4.88 Å². The average Bonchev–Trinajstić information content (AvgIpc) is 3.13. The molecule has 0 spiro atoms. The van der Waals surface area contributed by atoms with E-state index >= 15 is 0 Å². The number of anilines is 2. The third-order valence-corrected chi connectivity index (χ3v) is 5.88. The van der Waals surface area contributed by atoms with Gasteiger partial charge in [-0.25, -0.2) is 9.78 Å². The maximum Gasteiger partial charge on any atom is 0.410 e. The van der Waals surface area contributed by atoms with E-state index in [4.69, 9.17) is 14.8 Å². The molecule has 9 nitrogen and oxygen atoms in total. The lowest BCUT2D eigenvalue weighted by molar-refractivity contribution is 0.0240. The Morgan fingerprint density at radius 1 is 1.30 bits per heavy atom. The number of ether oxygens (including phenoxy) is 1. The number of aliphatic hydroxyl groups excluding tert-OH is 2. The number of nitrogens with one attached hydrogen (secondary N) is 1. The molecular formula is C20H31N5O4S. The van der Waals surface area contributed by atoms with E-state index in [1.807, 2.05) is 20.8 Å². The number of rotatable bonds is 6. The molecule has 1 amide bonds. The fourth-order valence-corrected chi connectivity index (χ4v) is 4.11. The van der Waals surface area contributed by atoms with Crippen LogP contribution in [0.2, 0.25) is 0 Å². The summed E-state index contributed by atoms with van der Waals surface area (Å²) in [6.45, 7) is 9.92. The van der Waals surface area contributed by atoms with Crippen molar-refractivity contribution in [1.82, 2.24) is 14.9 Å². The number of aryl methyl sites for hydroxylation is 1. The van der Waals surface area contributed by atoms with Crippen LogP contribution in [0.3, 0.4) is 0 Å². The van der Waals surface area contributed by atoms with Crippen LogP contribution >= 0.6 is 11.3 Å². The Balaban J connectivity index is 1.79. The van der Waals surface area contributed by atoms with Gasteiger partial charge >= 0.3 is 6.09 Å². The van der Waals surface area contributed by atoms with Crippen LogP contribution in [-0.4, -0.2) is 82.2 Å². The smallest absolute Gasteiger partial charge is 0.410 e. The first-order chi connectivity index (χ1) is 14.2. The summed E-state index contributed by atoms with van der Waals surface area (Å²) in [6, 6.07) is 2.13. The predicted octanol–water partition coefficient (Wildman–Crippen LogP) is 2.08. The van der Waals surface area contributed by atoms with Gasteiger partial charge in [-0.1, -0.05) is 6.92 Å². The van der Waals surface area contributed by atoms with E-state index in [0.29, 0.717) is 32.1 Å². The van der Waals surface area contributed by atoms with Crippen LogP contribution in [0, 0.1) is 0 Å². The Kier molecular flexibility index (Phi) is 6.99. The highest BCUT2D eigenvalue weighted by Gasteiger charge is 2.27. The summed E-state index contributed by atoms with van der Waals surface area (Å²) in [5.41, 5.74) is -0.514. The molecule has 1 aliphatic rings. The molecule has 3 rings (SSSR count). The molecular weight excluding hydrogens is 406 g/mol. The molecule has 10 heteroatoms. The standard InChI is InChI=1S/C20H31N5O4S/c1-5-14-10-15-16(22-18(23-17(15)30-14)21-11-13(27)12-26)24-6-8-25(9-7-24)19(28)29-20(2,3)4/h10,13,26-27H,5-9,11-12H2,1-4H3,(H,21,22,23)/t13-/m1/s1. The molecule has 0 unspecified atom stereocenters. The maximum absolute atomic E-state index is 12.4. The van der Waals surface area contributed by atoms with Crippen LogP contribution in [-0.2, 0) is 11.2 Å². The van der Waals surface area contributed by atoms with E-state index in [2.05, 4.69) is 28.2 Å². The number of carbonyl (C=O) groups is 1. The van der Waals surface area contributed by atoms with Crippen LogP contribution < -0.4 is 10.2 Å². The number of fused-ring (bicyclic) bond motifs is 1. The van der Waals surface area contributed by atoms with Gasteiger partial charge in [0.1, 0.15) is 16.2 Å². The number of amides is 1. The lowest BCUT2D eigenvalue weighted by atomic mass is 10.2. The topological polar surface area (TPSA) is 111 Å². The molecule has 0 saturated carbocycles. The van der Waals surface area contributed by atoms with Gasteiger partial charge in [0.15, 0.2) is 0 Å². The minimum Gasteiger partial charge on any atom is -0.444 e. The van der Waals surface area contributed by atoms with Crippen LogP contribution in [0.4, 0.5) is 16.6 Å². The third-order valence-electron chi connectivity index (χ3n) is 4.71. The van der Waals surface area contributed by atoms with Gasteiger partial charge in [0.05, 0.1) is 18.1 Å². The minimum absolute atomic E-state index is 0.167. The van der Waals surface area contributed by atoms with Crippen molar-refractivity contribution in [2.24, 2.45) is 0 Å². The Morgan fingerprint density at radius 2 is 2.00 bits per heavy atom. The number of hydrogen-bond donors (Lipinski definition) is 3. The average molecular weight is 438 g/mol. The van der Waals surface area contributed by atoms with Gasteiger partial charge in [-0.3, -0.25) is 0 Å². The van der Waals surface area contributed by atoms with Crippen molar-refractivity contribution in [2.75, 3.05) is 49.5 Å². The van der Waals surface area contributed by atoms with Crippen LogP contribution in [0.25, 0.3) is 10.2 Å². The second kappa shape index (κ2) is 9.32. The largest absolute Gasteiger partial charge is 0.444 e. The van der Waals surface area contributed by atoms with E-state index in [0.717, 1.165) is 22.5 Å². The van der Waals surface area contributed by atoms with E-state index in [9.17, 15) is 9.90 Å². The molecule has 1 atom stereocenters. The Bertz CT molecular complexity index is 874. The molecule has 1 fully saturated rings. The number of hydrogen-bond acceptors (Lipinski definition) is 9. The van der Waals surface area contributed by atoms with Crippen molar-refractivity contribution in [3.8, 4) is 0 Å². The lowest BCUT2D eigenvalue weighted by Gasteiger charge is -2.36. The van der Waals surface area contributed by atoms with Crippen LogP contribution in [0.1, 0.15) is 32.6 Å². The molecule has 1 saturated heterocycles. The molecule has 3 heterocycles. The summed E-state index contributed by atoms with van der Waals surface area (Å²) in [4.78, 5) is 27.6. The van der Waals surface area contributed by atoms with E-state index in [-0.39, 0.29) is 19.2 Å². The second-order valence-electron chi connectivity index (χ2n) is 8.33. The molecule has 0 aromatic carbocycles. The van der Waals surface area contributed by atoms with Gasteiger partial charge < -0.3 is 30.1 Å². The Hall–Kier alpha value is -2.17. The number of carbonyl (C=O) groups excluding carboxylic acids is 1. The zero-order valence-corrected chi connectivity index (χ0v) is 18.8. The number of piperazine rings is 1. The van der Waals surface area contributed by atoms with Gasteiger partial charge in [0.25, 0.3) is 0 Å². The highest BCUT2D eigenvalue weighted by molar-refractivity contribution is 7.18. The monoisotopic (exact) mass is 437 g/mol. The van der Waals surface area contributed by atoms with Gasteiger partial charge in [0, 0.05) is 37.6 Å². The van der Waals surface area contributed by atoms with Crippen molar-refractivity contribution in [1.29, 1.82) is 0 Å². The molecule has 2 aromatic rings. The van der Waals surface area contributed by atoms with Gasteiger partial charge in [0.2, 0.25) is 5.95 Å². The van der Waals surface area contributed by atoms with Crippen molar-refractivity contribution < 1.29 is 19.7 Å². The van der Waals surface area contributed by atoms with Crippen molar-refractivity contribution >= 4 is 39.4 Å². The summed E-state index contributed by atoms with van der Waals surface area (Å²) in [6.07, 6.45) is -0.252. The highest BCUT2D eigenvalue weighted by atomic mass is 32.1. The first kappa shape index (κ1) is 22.5. The minimum atomic E-state index is -0.875. The summed E-state index contributed by atoms with van der Waals surface area (Å²) < 4.78 is 5.48. The molecule has 2 aromatic heterocycles. The molecule has 1 aliphatic heterocycles. The fraction of sp³-hybridized carbons (Fsp3) is 0.650. The quantitative estimate of drug-likeness (QED) is 0.630. The molecule has 30 heavy (non-hydrogen) atoms. The molecule has 0 bridgehead atoms. The zero-order valence-electron chi connectivity index (χ0n) is 18.0. The zero-order chi connectivity index (χ0) is 21.9. The van der Waals surface area contributed by atoms with Crippen molar-refractivity contribution in [3.63, 3.8) is 0 Å². The second-order valence-corrected chi connectivity index (χ2v) is 9.44. The molecule has 3 N–H and O–H groups in total. The Labute approximate surface area is 180 Å². The van der Waals surface area contributed by atoms with Crippen LogP contribution in [0.15, 0.2) is 6.07 Å². The van der Waals surface area contributed by atoms with Gasteiger partial charge in [-0.15, -0.1) is 11.3 Å². The summed E-state index contributed by atoms with van der Waals surface area (Å²) in [7, 11) is 0. The molecule has 0 aliphatic carbocycles. The number of thiophene rings is 1. The van der Waals surface area contributed by atoms with E-state index < -0.39 is 11.7 Å². The summed E-state index contributed by atoms with van der Waals surface area (Å²) in [5, 5.41) is 22.7. The normalized spacial score (nSPS) is 16.1. The van der Waals surface area contributed by atoms with E-state index in [1.54, 1.807) is 16.2 Å². The lowest BCUT2D eigenvalue weighted by Crippen LogP contribution is -2.50. The number of nitrogens with zero attached hydrogens (tertiary/aromatic N) is 4. The Morgan fingerprint density at radius 3 is 2.60 bits per heavy atom. The summed E-state index contributed by atoms with van der Waals surface area (Å²) in [5.74, 6) is 1.24. The fourth-order valence-electron chi connectivity index (χ4n) is 3.15.